The Labute approximate surface area is 118 Å². The van der Waals surface area contributed by atoms with Gasteiger partial charge in [-0.05, 0) is 6.07 Å². The summed E-state index contributed by atoms with van der Waals surface area (Å²) in [6.07, 6.45) is 6.29. The molecular formula is C14H9FN6. The average molecular weight is 280 g/mol. The molecular weight excluding hydrogens is 271 g/mol. The highest BCUT2D eigenvalue weighted by Gasteiger charge is 2.11. The van der Waals surface area contributed by atoms with Crippen molar-refractivity contribution in [2.24, 2.45) is 0 Å². The Bertz CT molecular complexity index is 926. The van der Waals surface area contributed by atoms with E-state index in [0.717, 1.165) is 0 Å². The zero-order valence-corrected chi connectivity index (χ0v) is 10.7. The van der Waals surface area contributed by atoms with Crippen LogP contribution in [-0.4, -0.2) is 29.7 Å². The SMILES string of the molecule is Fc1ccccc1-c1cnn(-c2ncnc3nc[nH]c23)c1. The highest BCUT2D eigenvalue weighted by molar-refractivity contribution is 5.77. The lowest BCUT2D eigenvalue weighted by Crippen LogP contribution is -1.99. The lowest BCUT2D eigenvalue weighted by Gasteiger charge is -2.00. The minimum absolute atomic E-state index is 0.286. The average Bonchev–Trinajstić information content (AvgIpc) is 3.16. The predicted octanol–water partition coefficient (Wildman–Crippen LogP) is 2.34. The molecule has 0 aliphatic heterocycles. The summed E-state index contributed by atoms with van der Waals surface area (Å²) in [6, 6.07) is 6.57. The van der Waals surface area contributed by atoms with Crippen molar-refractivity contribution in [3.05, 3.63) is 55.1 Å². The van der Waals surface area contributed by atoms with Crippen LogP contribution in [0.2, 0.25) is 0 Å². The number of hydrogen-bond donors (Lipinski definition) is 1. The molecule has 0 amide bonds. The van der Waals surface area contributed by atoms with Gasteiger partial charge in [0, 0.05) is 17.3 Å². The van der Waals surface area contributed by atoms with Gasteiger partial charge in [0.2, 0.25) is 0 Å². The molecule has 6 nitrogen and oxygen atoms in total. The Morgan fingerprint density at radius 1 is 1.10 bits per heavy atom. The van der Waals surface area contributed by atoms with Gasteiger partial charge in [-0.3, -0.25) is 0 Å². The van der Waals surface area contributed by atoms with Crippen LogP contribution < -0.4 is 0 Å². The Hall–Kier alpha value is -3.09. The molecule has 0 bridgehead atoms. The molecule has 3 heterocycles. The van der Waals surface area contributed by atoms with Crippen molar-refractivity contribution in [1.29, 1.82) is 0 Å². The van der Waals surface area contributed by atoms with E-state index in [9.17, 15) is 4.39 Å². The third kappa shape index (κ3) is 1.86. The minimum atomic E-state index is -0.286. The standard InChI is InChI=1S/C14H9FN6/c15-11-4-2-1-3-10(11)9-5-20-21(6-9)14-12-13(17-7-16-12)18-8-19-14/h1-8H,(H,16,17,18,19). The molecule has 0 saturated carbocycles. The third-order valence-corrected chi connectivity index (χ3v) is 3.19. The van der Waals surface area contributed by atoms with E-state index in [2.05, 4.69) is 25.0 Å². The largest absolute Gasteiger partial charge is 0.340 e. The Morgan fingerprint density at radius 3 is 2.90 bits per heavy atom. The normalized spacial score (nSPS) is 11.1. The molecule has 0 aliphatic rings. The number of aromatic nitrogens is 6. The van der Waals surface area contributed by atoms with E-state index in [-0.39, 0.29) is 5.82 Å². The van der Waals surface area contributed by atoms with Crippen molar-refractivity contribution in [2.75, 3.05) is 0 Å². The molecule has 102 valence electrons. The summed E-state index contributed by atoms with van der Waals surface area (Å²) in [5, 5.41) is 4.25. The van der Waals surface area contributed by atoms with Crippen LogP contribution in [0, 0.1) is 5.82 Å². The first-order valence-corrected chi connectivity index (χ1v) is 6.27. The number of hydrogen-bond acceptors (Lipinski definition) is 4. The summed E-state index contributed by atoms with van der Waals surface area (Å²) in [5.74, 6) is 0.284. The number of fused-ring (bicyclic) bond motifs is 1. The lowest BCUT2D eigenvalue weighted by atomic mass is 10.1. The summed E-state index contributed by atoms with van der Waals surface area (Å²) in [5.41, 5.74) is 2.42. The van der Waals surface area contributed by atoms with Gasteiger partial charge in [0.25, 0.3) is 0 Å². The molecule has 0 saturated heterocycles. The number of nitrogens with one attached hydrogen (secondary N) is 1. The quantitative estimate of drug-likeness (QED) is 0.611. The smallest absolute Gasteiger partial charge is 0.182 e. The number of rotatable bonds is 2. The number of nitrogens with zero attached hydrogens (tertiary/aromatic N) is 5. The van der Waals surface area contributed by atoms with E-state index in [4.69, 9.17) is 0 Å². The van der Waals surface area contributed by atoms with Gasteiger partial charge in [0.1, 0.15) is 17.7 Å². The number of H-pyrrole nitrogens is 1. The van der Waals surface area contributed by atoms with Gasteiger partial charge in [-0.1, -0.05) is 18.2 Å². The summed E-state index contributed by atoms with van der Waals surface area (Å²) in [4.78, 5) is 15.3. The topological polar surface area (TPSA) is 72.3 Å². The van der Waals surface area contributed by atoms with Crippen molar-refractivity contribution in [3.8, 4) is 16.9 Å². The maximum absolute atomic E-state index is 13.8. The van der Waals surface area contributed by atoms with Crippen molar-refractivity contribution in [3.63, 3.8) is 0 Å². The van der Waals surface area contributed by atoms with Crippen LogP contribution in [0.4, 0.5) is 4.39 Å². The van der Waals surface area contributed by atoms with Gasteiger partial charge in [-0.2, -0.15) is 5.10 Å². The third-order valence-electron chi connectivity index (χ3n) is 3.19. The molecule has 0 atom stereocenters. The molecule has 1 aromatic carbocycles. The zero-order chi connectivity index (χ0) is 14.2. The van der Waals surface area contributed by atoms with Gasteiger partial charge in [0.05, 0.1) is 12.5 Å². The molecule has 0 aliphatic carbocycles. The fraction of sp³-hybridized carbons (Fsp3) is 0. The first kappa shape index (κ1) is 11.7. The van der Waals surface area contributed by atoms with E-state index in [1.807, 2.05) is 0 Å². The monoisotopic (exact) mass is 280 g/mol. The molecule has 0 unspecified atom stereocenters. The van der Waals surface area contributed by atoms with Crippen molar-refractivity contribution >= 4 is 11.2 Å². The molecule has 4 aromatic rings. The second-order valence-electron chi connectivity index (χ2n) is 4.45. The van der Waals surface area contributed by atoms with Crippen LogP contribution in [0.5, 0.6) is 0 Å². The van der Waals surface area contributed by atoms with Gasteiger partial charge in [-0.25, -0.2) is 24.0 Å². The summed E-state index contributed by atoms with van der Waals surface area (Å²) in [7, 11) is 0. The first-order chi connectivity index (χ1) is 10.3. The van der Waals surface area contributed by atoms with Crippen LogP contribution >= 0.6 is 0 Å². The van der Waals surface area contributed by atoms with E-state index in [1.54, 1.807) is 41.6 Å². The summed E-state index contributed by atoms with van der Waals surface area (Å²) >= 11 is 0. The van der Waals surface area contributed by atoms with Crippen molar-refractivity contribution in [2.45, 2.75) is 0 Å². The van der Waals surface area contributed by atoms with E-state index >= 15 is 0 Å². The molecule has 3 aromatic heterocycles. The van der Waals surface area contributed by atoms with Crippen LogP contribution in [0.3, 0.4) is 0 Å². The second kappa shape index (κ2) is 4.48. The first-order valence-electron chi connectivity index (χ1n) is 6.27. The predicted molar refractivity (Wildman–Crippen MR) is 74.2 cm³/mol. The highest BCUT2D eigenvalue weighted by Crippen LogP contribution is 2.23. The van der Waals surface area contributed by atoms with Crippen LogP contribution in [0.25, 0.3) is 28.1 Å². The highest BCUT2D eigenvalue weighted by atomic mass is 19.1. The molecule has 0 radical (unpaired) electrons. The van der Waals surface area contributed by atoms with Gasteiger partial charge in [0.15, 0.2) is 11.5 Å². The minimum Gasteiger partial charge on any atom is -0.340 e. The van der Waals surface area contributed by atoms with Crippen LogP contribution in [0.1, 0.15) is 0 Å². The fourth-order valence-electron chi connectivity index (χ4n) is 2.20. The maximum atomic E-state index is 13.8. The molecule has 0 fully saturated rings. The van der Waals surface area contributed by atoms with Crippen molar-refractivity contribution < 1.29 is 4.39 Å². The second-order valence-corrected chi connectivity index (χ2v) is 4.45. The van der Waals surface area contributed by atoms with Gasteiger partial charge >= 0.3 is 0 Å². The van der Waals surface area contributed by atoms with Gasteiger partial charge in [-0.15, -0.1) is 0 Å². The summed E-state index contributed by atoms with van der Waals surface area (Å²) < 4.78 is 15.4. The Morgan fingerprint density at radius 2 is 2.00 bits per heavy atom. The lowest BCUT2D eigenvalue weighted by molar-refractivity contribution is 0.631. The van der Waals surface area contributed by atoms with Crippen LogP contribution in [-0.2, 0) is 0 Å². The van der Waals surface area contributed by atoms with E-state index in [1.165, 1.54) is 12.4 Å². The molecule has 4 rings (SSSR count). The molecule has 21 heavy (non-hydrogen) atoms. The summed E-state index contributed by atoms with van der Waals surface area (Å²) in [6.45, 7) is 0. The fourth-order valence-corrected chi connectivity index (χ4v) is 2.20. The Kier molecular flexibility index (Phi) is 2.50. The number of imidazole rings is 1. The molecule has 7 heteroatoms. The number of benzene rings is 1. The zero-order valence-electron chi connectivity index (χ0n) is 10.7. The van der Waals surface area contributed by atoms with Crippen molar-refractivity contribution in [1.82, 2.24) is 29.7 Å². The Balaban J connectivity index is 1.85. The molecule has 0 spiro atoms. The van der Waals surface area contributed by atoms with E-state index in [0.29, 0.717) is 28.1 Å². The van der Waals surface area contributed by atoms with Crippen LogP contribution in [0.15, 0.2) is 49.3 Å². The number of halogens is 1. The number of aromatic amines is 1. The molecule has 1 N–H and O–H groups in total. The van der Waals surface area contributed by atoms with Gasteiger partial charge < -0.3 is 4.98 Å². The maximum Gasteiger partial charge on any atom is 0.182 e. The van der Waals surface area contributed by atoms with E-state index < -0.39 is 0 Å².